The highest BCUT2D eigenvalue weighted by Crippen LogP contribution is 2.30. The zero-order valence-electron chi connectivity index (χ0n) is 13.0. The number of anilines is 2. The van der Waals surface area contributed by atoms with Crippen LogP contribution in [-0.4, -0.2) is 28.1 Å². The molecule has 0 unspecified atom stereocenters. The van der Waals surface area contributed by atoms with E-state index in [0.29, 0.717) is 22.1 Å². The molecular weight excluding hydrogens is 340 g/mol. The molecule has 2 heterocycles. The van der Waals surface area contributed by atoms with E-state index in [2.05, 4.69) is 10.4 Å². The molecule has 2 amide bonds. The molecule has 0 saturated carbocycles. The first kappa shape index (κ1) is 15.4. The number of rotatable bonds is 2. The molecular formula is C18H13ClN4O2. The number of benzene rings is 2. The Morgan fingerprint density at radius 2 is 1.76 bits per heavy atom. The smallest absolute Gasteiger partial charge is 0.279 e. The lowest BCUT2D eigenvalue weighted by molar-refractivity contribution is -0.115. The topological polar surface area (TPSA) is 67.2 Å². The monoisotopic (exact) mass is 352 g/mol. The van der Waals surface area contributed by atoms with E-state index in [0.717, 1.165) is 0 Å². The Morgan fingerprint density at radius 1 is 1.04 bits per heavy atom. The SMILES string of the molecule is O=C1CN(C(=O)c2ccn(-c3ccccc3Cl)n2)c2ccccc2N1. The molecule has 3 aromatic rings. The summed E-state index contributed by atoms with van der Waals surface area (Å²) in [6.45, 7) is -0.0468. The van der Waals surface area contributed by atoms with Crippen LogP contribution in [0.25, 0.3) is 5.69 Å². The number of hydrogen-bond acceptors (Lipinski definition) is 3. The van der Waals surface area contributed by atoms with Crippen molar-refractivity contribution < 1.29 is 9.59 Å². The molecule has 4 rings (SSSR count). The number of nitrogens with one attached hydrogen (secondary N) is 1. The van der Waals surface area contributed by atoms with Crippen LogP contribution in [0.2, 0.25) is 5.02 Å². The second-order valence-electron chi connectivity index (χ2n) is 5.55. The van der Waals surface area contributed by atoms with E-state index in [1.807, 2.05) is 24.3 Å². The number of fused-ring (bicyclic) bond motifs is 1. The Balaban J connectivity index is 1.69. The van der Waals surface area contributed by atoms with Crippen molar-refractivity contribution in [3.8, 4) is 5.69 Å². The highest BCUT2D eigenvalue weighted by Gasteiger charge is 2.28. The quantitative estimate of drug-likeness (QED) is 0.770. The highest BCUT2D eigenvalue weighted by molar-refractivity contribution is 6.32. The van der Waals surface area contributed by atoms with E-state index in [1.165, 1.54) is 4.90 Å². The molecule has 1 aliphatic heterocycles. The average Bonchev–Trinajstić information content (AvgIpc) is 3.10. The molecule has 0 aliphatic carbocycles. The van der Waals surface area contributed by atoms with Gasteiger partial charge in [-0.1, -0.05) is 35.9 Å². The van der Waals surface area contributed by atoms with E-state index in [1.54, 1.807) is 41.2 Å². The van der Waals surface area contributed by atoms with Crippen molar-refractivity contribution in [3.63, 3.8) is 0 Å². The molecule has 0 atom stereocenters. The second-order valence-corrected chi connectivity index (χ2v) is 5.96. The van der Waals surface area contributed by atoms with Crippen molar-refractivity contribution in [2.24, 2.45) is 0 Å². The summed E-state index contributed by atoms with van der Waals surface area (Å²) in [5, 5.41) is 7.62. The van der Waals surface area contributed by atoms with E-state index in [-0.39, 0.29) is 24.1 Å². The van der Waals surface area contributed by atoms with E-state index < -0.39 is 0 Å². The maximum atomic E-state index is 12.9. The van der Waals surface area contributed by atoms with Gasteiger partial charge in [0.15, 0.2) is 5.69 Å². The third-order valence-electron chi connectivity index (χ3n) is 3.92. The second kappa shape index (κ2) is 6.07. The number of carbonyl (C=O) groups is 2. The van der Waals surface area contributed by atoms with Gasteiger partial charge in [-0.2, -0.15) is 5.10 Å². The van der Waals surface area contributed by atoms with Gasteiger partial charge < -0.3 is 5.32 Å². The first-order valence-corrected chi connectivity index (χ1v) is 8.02. The summed E-state index contributed by atoms with van der Waals surface area (Å²) in [6, 6.07) is 16.0. The predicted molar refractivity (Wildman–Crippen MR) is 95.3 cm³/mol. The summed E-state index contributed by atoms with van der Waals surface area (Å²) in [5.74, 6) is -0.578. The molecule has 124 valence electrons. The molecule has 1 aliphatic rings. The Hall–Kier alpha value is -3.12. The van der Waals surface area contributed by atoms with Gasteiger partial charge in [-0.3, -0.25) is 14.5 Å². The summed E-state index contributed by atoms with van der Waals surface area (Å²) in [6.07, 6.45) is 1.67. The van der Waals surface area contributed by atoms with Crippen molar-refractivity contribution in [1.29, 1.82) is 0 Å². The van der Waals surface area contributed by atoms with Crippen LogP contribution in [0.3, 0.4) is 0 Å². The molecule has 1 N–H and O–H groups in total. The van der Waals surface area contributed by atoms with Crippen LogP contribution in [-0.2, 0) is 4.79 Å². The summed E-state index contributed by atoms with van der Waals surface area (Å²) in [4.78, 5) is 26.2. The molecule has 0 radical (unpaired) electrons. The number of aromatic nitrogens is 2. The molecule has 0 bridgehead atoms. The minimum Gasteiger partial charge on any atom is -0.323 e. The molecule has 2 aromatic carbocycles. The van der Waals surface area contributed by atoms with Crippen LogP contribution in [0.4, 0.5) is 11.4 Å². The first-order valence-electron chi connectivity index (χ1n) is 7.65. The Kier molecular flexibility index (Phi) is 3.74. The maximum absolute atomic E-state index is 12.9. The van der Waals surface area contributed by atoms with Gasteiger partial charge in [0, 0.05) is 6.20 Å². The molecule has 7 heteroatoms. The van der Waals surface area contributed by atoms with Crippen LogP contribution >= 0.6 is 11.6 Å². The minimum absolute atomic E-state index is 0.0468. The van der Waals surface area contributed by atoms with Gasteiger partial charge in [-0.25, -0.2) is 4.68 Å². The maximum Gasteiger partial charge on any atom is 0.279 e. The van der Waals surface area contributed by atoms with Crippen LogP contribution in [0.5, 0.6) is 0 Å². The van der Waals surface area contributed by atoms with Crippen LogP contribution < -0.4 is 10.2 Å². The van der Waals surface area contributed by atoms with Gasteiger partial charge in [0.1, 0.15) is 6.54 Å². The molecule has 0 fully saturated rings. The fraction of sp³-hybridized carbons (Fsp3) is 0.0556. The lowest BCUT2D eigenvalue weighted by Crippen LogP contribution is -2.42. The van der Waals surface area contributed by atoms with Crippen molar-refractivity contribution in [2.45, 2.75) is 0 Å². The third kappa shape index (κ3) is 2.77. The average molecular weight is 353 g/mol. The van der Waals surface area contributed by atoms with E-state index in [9.17, 15) is 9.59 Å². The summed E-state index contributed by atoms with van der Waals surface area (Å²) in [7, 11) is 0. The molecule has 6 nitrogen and oxygen atoms in total. The molecule has 25 heavy (non-hydrogen) atoms. The van der Waals surface area contributed by atoms with Crippen LogP contribution in [0.15, 0.2) is 60.8 Å². The number of para-hydroxylation sites is 3. The number of amides is 2. The number of halogens is 1. The van der Waals surface area contributed by atoms with Gasteiger partial charge >= 0.3 is 0 Å². The molecule has 0 spiro atoms. The van der Waals surface area contributed by atoms with E-state index in [4.69, 9.17) is 11.6 Å². The van der Waals surface area contributed by atoms with Crippen molar-refractivity contribution >= 4 is 34.8 Å². The van der Waals surface area contributed by atoms with Crippen molar-refractivity contribution in [1.82, 2.24) is 9.78 Å². The highest BCUT2D eigenvalue weighted by atomic mass is 35.5. The van der Waals surface area contributed by atoms with Crippen molar-refractivity contribution in [3.05, 3.63) is 71.5 Å². The van der Waals surface area contributed by atoms with Crippen molar-refractivity contribution in [2.75, 3.05) is 16.8 Å². The van der Waals surface area contributed by atoms with Crippen LogP contribution in [0.1, 0.15) is 10.5 Å². The fourth-order valence-electron chi connectivity index (χ4n) is 2.76. The number of nitrogens with zero attached hydrogens (tertiary/aromatic N) is 3. The Labute approximate surface area is 148 Å². The normalized spacial score (nSPS) is 13.3. The summed E-state index contributed by atoms with van der Waals surface area (Å²) < 4.78 is 1.55. The lowest BCUT2D eigenvalue weighted by atomic mass is 10.2. The summed E-state index contributed by atoms with van der Waals surface area (Å²) >= 11 is 6.17. The zero-order chi connectivity index (χ0) is 17.4. The van der Waals surface area contributed by atoms with E-state index >= 15 is 0 Å². The van der Waals surface area contributed by atoms with Crippen LogP contribution in [0, 0.1) is 0 Å². The minimum atomic E-state index is -0.340. The number of carbonyl (C=O) groups excluding carboxylic acids is 2. The lowest BCUT2D eigenvalue weighted by Gasteiger charge is -2.28. The van der Waals surface area contributed by atoms with Gasteiger partial charge in [-0.05, 0) is 30.3 Å². The molecule has 0 saturated heterocycles. The predicted octanol–water partition coefficient (Wildman–Crippen LogP) is 3.12. The first-order chi connectivity index (χ1) is 12.1. The molecule has 1 aromatic heterocycles. The Bertz CT molecular complexity index is 982. The number of hydrogen-bond donors (Lipinski definition) is 1. The van der Waals surface area contributed by atoms with Gasteiger partial charge in [0.05, 0.1) is 22.1 Å². The fourth-order valence-corrected chi connectivity index (χ4v) is 2.98. The largest absolute Gasteiger partial charge is 0.323 e. The standard InChI is InChI=1S/C18H13ClN4O2/c19-12-5-1-3-7-15(12)23-10-9-14(21-23)18(25)22-11-17(24)20-13-6-2-4-8-16(13)22/h1-10H,11H2,(H,20,24). The Morgan fingerprint density at radius 3 is 2.56 bits per heavy atom. The van der Waals surface area contributed by atoms with Gasteiger partial charge in [0.2, 0.25) is 5.91 Å². The zero-order valence-corrected chi connectivity index (χ0v) is 13.8. The van der Waals surface area contributed by atoms with Gasteiger partial charge in [0.25, 0.3) is 5.91 Å². The van der Waals surface area contributed by atoms with Gasteiger partial charge in [-0.15, -0.1) is 0 Å². The third-order valence-corrected chi connectivity index (χ3v) is 4.24. The summed E-state index contributed by atoms with van der Waals surface area (Å²) in [5.41, 5.74) is 2.18.